The maximum atomic E-state index is 12.5. The molecule has 3 aromatic rings. The van der Waals surface area contributed by atoms with E-state index in [-0.39, 0.29) is 16.8 Å². The number of rotatable bonds is 5. The van der Waals surface area contributed by atoms with E-state index in [2.05, 4.69) is 41.0 Å². The number of carbonyl (C=O) groups is 1. The van der Waals surface area contributed by atoms with Crippen LogP contribution in [-0.4, -0.2) is 34.1 Å². The number of halogens is 1. The van der Waals surface area contributed by atoms with Gasteiger partial charge in [-0.05, 0) is 60.1 Å². The van der Waals surface area contributed by atoms with Crippen molar-refractivity contribution in [2.45, 2.75) is 18.7 Å². The van der Waals surface area contributed by atoms with Crippen LogP contribution in [0.15, 0.2) is 45.9 Å². The van der Waals surface area contributed by atoms with E-state index in [1.54, 1.807) is 27.0 Å². The Kier molecular flexibility index (Phi) is 5.47. The summed E-state index contributed by atoms with van der Waals surface area (Å²) in [4.78, 5) is 20.5. The molecule has 3 rings (SSSR count). The zero-order valence-electron chi connectivity index (χ0n) is 15.3. The number of nitrogens with one attached hydrogen (secondary N) is 2. The second-order valence-corrected chi connectivity index (χ2v) is 8.56. The second kappa shape index (κ2) is 7.68. The molecule has 146 valence electrons. The van der Waals surface area contributed by atoms with Gasteiger partial charge in [-0.3, -0.25) is 9.48 Å². The Labute approximate surface area is 170 Å². The first-order valence-electron chi connectivity index (χ1n) is 8.10. The highest BCUT2D eigenvalue weighted by Crippen LogP contribution is 2.20. The summed E-state index contributed by atoms with van der Waals surface area (Å²) in [6.07, 6.45) is 1.52. The Morgan fingerprint density at radius 3 is 2.25 bits per heavy atom. The number of anilines is 2. The lowest BCUT2D eigenvalue weighted by Crippen LogP contribution is -2.17. The van der Waals surface area contributed by atoms with Crippen molar-refractivity contribution in [1.82, 2.24) is 19.7 Å². The molecule has 0 unspecified atom stereocenters. The van der Waals surface area contributed by atoms with Crippen molar-refractivity contribution in [3.05, 3.63) is 58.1 Å². The topological polar surface area (TPSA) is 119 Å². The molecule has 0 radical (unpaired) electrons. The monoisotopic (exact) mass is 464 g/mol. The smallest absolute Gasteiger partial charge is 0.275 e. The fraction of sp³-hybridized carbons (Fsp3) is 0.176. The van der Waals surface area contributed by atoms with Crippen LogP contribution in [0, 0.1) is 13.8 Å². The van der Waals surface area contributed by atoms with Gasteiger partial charge in [0.2, 0.25) is 5.95 Å². The van der Waals surface area contributed by atoms with E-state index in [1.807, 2.05) is 0 Å². The molecule has 1 amide bonds. The molecule has 0 bridgehead atoms. The highest BCUT2D eigenvalue weighted by Gasteiger charge is 2.18. The van der Waals surface area contributed by atoms with Gasteiger partial charge in [0.15, 0.2) is 0 Å². The first-order chi connectivity index (χ1) is 13.2. The summed E-state index contributed by atoms with van der Waals surface area (Å²) < 4.78 is 29.4. The zero-order chi connectivity index (χ0) is 20.5. The van der Waals surface area contributed by atoms with Crippen LogP contribution in [0.3, 0.4) is 0 Å². The molecule has 2 heterocycles. The predicted molar refractivity (Wildman–Crippen MR) is 108 cm³/mol. The molecule has 1 aromatic carbocycles. The molecule has 28 heavy (non-hydrogen) atoms. The third-order valence-electron chi connectivity index (χ3n) is 3.74. The standard InChI is InChI=1S/C17H17BrN6O3S/c1-10-8-11(2)21-17(20-10)23-28(26,27)13-6-4-12(5-7-13)22-16(25)15-14(18)9-19-24(15)3/h4-9H,1-3H3,(H,22,25)(H,20,21,23). The van der Waals surface area contributed by atoms with Crippen molar-refractivity contribution in [3.63, 3.8) is 0 Å². The number of carbonyl (C=O) groups excluding carboxylic acids is 1. The van der Waals surface area contributed by atoms with E-state index in [0.717, 1.165) is 0 Å². The van der Waals surface area contributed by atoms with E-state index in [1.165, 1.54) is 35.1 Å². The van der Waals surface area contributed by atoms with Crippen molar-refractivity contribution in [2.75, 3.05) is 10.0 Å². The summed E-state index contributed by atoms with van der Waals surface area (Å²) in [6.45, 7) is 3.51. The summed E-state index contributed by atoms with van der Waals surface area (Å²) in [6, 6.07) is 7.52. The normalized spacial score (nSPS) is 11.3. The SMILES string of the molecule is Cc1cc(C)nc(NS(=O)(=O)c2ccc(NC(=O)c3c(Br)cnn3C)cc2)n1. The lowest BCUT2D eigenvalue weighted by atomic mass is 10.3. The molecule has 0 saturated carbocycles. The van der Waals surface area contributed by atoms with Crippen LogP contribution in [0.5, 0.6) is 0 Å². The van der Waals surface area contributed by atoms with Crippen LogP contribution in [0.1, 0.15) is 21.9 Å². The number of hydrogen-bond acceptors (Lipinski definition) is 6. The third kappa shape index (κ3) is 4.37. The Morgan fingerprint density at radius 2 is 1.71 bits per heavy atom. The number of nitrogens with zero attached hydrogens (tertiary/aromatic N) is 4. The van der Waals surface area contributed by atoms with Gasteiger partial charge < -0.3 is 5.32 Å². The third-order valence-corrected chi connectivity index (χ3v) is 5.66. The molecular formula is C17H17BrN6O3S. The van der Waals surface area contributed by atoms with Gasteiger partial charge in [-0.1, -0.05) is 0 Å². The Balaban J connectivity index is 1.77. The quantitative estimate of drug-likeness (QED) is 0.598. The molecule has 2 N–H and O–H groups in total. The molecule has 0 fully saturated rings. The van der Waals surface area contributed by atoms with Crippen LogP contribution < -0.4 is 10.0 Å². The van der Waals surface area contributed by atoms with Gasteiger partial charge in [0.25, 0.3) is 15.9 Å². The van der Waals surface area contributed by atoms with Gasteiger partial charge in [-0.15, -0.1) is 0 Å². The maximum absolute atomic E-state index is 12.5. The predicted octanol–water partition coefficient (Wildman–Crippen LogP) is 2.64. The summed E-state index contributed by atoms with van der Waals surface area (Å²) in [5, 5.41) is 6.69. The number of benzene rings is 1. The van der Waals surface area contributed by atoms with E-state index < -0.39 is 10.0 Å². The van der Waals surface area contributed by atoms with Gasteiger partial charge in [0, 0.05) is 24.1 Å². The first-order valence-corrected chi connectivity index (χ1v) is 10.4. The minimum atomic E-state index is -3.86. The van der Waals surface area contributed by atoms with Crippen LogP contribution in [0.25, 0.3) is 0 Å². The second-order valence-electron chi connectivity index (χ2n) is 6.02. The number of aromatic nitrogens is 4. The van der Waals surface area contributed by atoms with Gasteiger partial charge >= 0.3 is 0 Å². The van der Waals surface area contributed by atoms with Crippen LogP contribution >= 0.6 is 15.9 Å². The lowest BCUT2D eigenvalue weighted by Gasteiger charge is -2.09. The molecule has 0 aliphatic rings. The molecule has 9 nitrogen and oxygen atoms in total. The maximum Gasteiger partial charge on any atom is 0.275 e. The number of hydrogen-bond donors (Lipinski definition) is 2. The molecule has 0 atom stereocenters. The fourth-order valence-electron chi connectivity index (χ4n) is 2.52. The summed E-state index contributed by atoms with van der Waals surface area (Å²) in [5.41, 5.74) is 2.11. The highest BCUT2D eigenvalue weighted by atomic mass is 79.9. The van der Waals surface area contributed by atoms with Gasteiger partial charge in [-0.2, -0.15) is 5.10 Å². The van der Waals surface area contributed by atoms with E-state index >= 15 is 0 Å². The molecule has 0 aliphatic carbocycles. The Bertz CT molecular complexity index is 1100. The minimum absolute atomic E-state index is 0.0101. The Hall–Kier alpha value is -2.79. The average Bonchev–Trinajstić information content (AvgIpc) is 2.92. The lowest BCUT2D eigenvalue weighted by molar-refractivity contribution is 0.101. The highest BCUT2D eigenvalue weighted by molar-refractivity contribution is 9.10. The first kappa shape index (κ1) is 20.0. The Morgan fingerprint density at radius 1 is 1.11 bits per heavy atom. The van der Waals surface area contributed by atoms with Crippen LogP contribution in [-0.2, 0) is 17.1 Å². The largest absolute Gasteiger partial charge is 0.321 e. The molecule has 0 aliphatic heterocycles. The van der Waals surface area contributed by atoms with Crippen LogP contribution in [0.2, 0.25) is 0 Å². The molecule has 0 saturated heterocycles. The summed E-state index contributed by atoms with van der Waals surface area (Å²) >= 11 is 3.27. The van der Waals surface area contributed by atoms with Gasteiger partial charge in [0.05, 0.1) is 15.6 Å². The number of sulfonamides is 1. The molecule has 11 heteroatoms. The molecule has 2 aromatic heterocycles. The van der Waals surface area contributed by atoms with Crippen molar-refractivity contribution in [2.24, 2.45) is 7.05 Å². The van der Waals surface area contributed by atoms with Gasteiger partial charge in [0.1, 0.15) is 5.69 Å². The molecule has 0 spiro atoms. The van der Waals surface area contributed by atoms with E-state index in [4.69, 9.17) is 0 Å². The van der Waals surface area contributed by atoms with Crippen LogP contribution in [0.4, 0.5) is 11.6 Å². The van der Waals surface area contributed by atoms with Crippen molar-refractivity contribution in [3.8, 4) is 0 Å². The van der Waals surface area contributed by atoms with E-state index in [9.17, 15) is 13.2 Å². The van der Waals surface area contributed by atoms with Gasteiger partial charge in [-0.25, -0.2) is 23.1 Å². The number of aryl methyl sites for hydroxylation is 3. The summed E-state index contributed by atoms with van der Waals surface area (Å²) in [5.74, 6) is -0.361. The minimum Gasteiger partial charge on any atom is -0.321 e. The zero-order valence-corrected chi connectivity index (χ0v) is 17.7. The number of amides is 1. The average molecular weight is 465 g/mol. The van der Waals surface area contributed by atoms with Crippen molar-refractivity contribution in [1.29, 1.82) is 0 Å². The summed E-state index contributed by atoms with van der Waals surface area (Å²) in [7, 11) is -2.21. The molecular weight excluding hydrogens is 448 g/mol. The van der Waals surface area contributed by atoms with Crippen molar-refractivity contribution >= 4 is 43.5 Å². The van der Waals surface area contributed by atoms with E-state index in [0.29, 0.717) is 27.2 Å². The fourth-order valence-corrected chi connectivity index (χ4v) is 4.00. The van der Waals surface area contributed by atoms with Crippen molar-refractivity contribution < 1.29 is 13.2 Å².